The van der Waals surface area contributed by atoms with Gasteiger partial charge < -0.3 is 19.4 Å². The van der Waals surface area contributed by atoms with Gasteiger partial charge in [-0.2, -0.15) is 0 Å². The molecule has 0 saturated carbocycles. The predicted molar refractivity (Wildman–Crippen MR) is 81.4 cm³/mol. The van der Waals surface area contributed by atoms with Crippen molar-refractivity contribution in [2.24, 2.45) is 7.05 Å². The molecule has 0 radical (unpaired) electrons. The number of hydrogen-bond donors (Lipinski definition) is 1. The van der Waals surface area contributed by atoms with Crippen LogP contribution < -0.4 is 14.8 Å². The van der Waals surface area contributed by atoms with Crippen molar-refractivity contribution in [1.82, 2.24) is 14.9 Å². The van der Waals surface area contributed by atoms with E-state index in [0.29, 0.717) is 0 Å². The number of halogens is 1. The van der Waals surface area contributed by atoms with Crippen molar-refractivity contribution < 1.29 is 9.47 Å². The number of imidazole rings is 1. The third-order valence-electron chi connectivity index (χ3n) is 3.23. The molecule has 0 aliphatic carbocycles. The minimum atomic E-state index is -0.0628. The molecule has 1 aromatic carbocycles. The Hall–Kier alpha value is -1.53. The highest BCUT2D eigenvalue weighted by atomic mass is 79.9. The maximum absolute atomic E-state index is 5.54. The van der Waals surface area contributed by atoms with Gasteiger partial charge in [0, 0.05) is 25.0 Å². The van der Waals surface area contributed by atoms with Crippen molar-refractivity contribution >= 4 is 15.9 Å². The van der Waals surface area contributed by atoms with E-state index in [-0.39, 0.29) is 6.04 Å². The first-order chi connectivity index (χ1) is 9.63. The highest BCUT2D eigenvalue weighted by Gasteiger charge is 2.23. The molecule has 0 bridgehead atoms. The molecule has 108 valence electrons. The van der Waals surface area contributed by atoms with E-state index in [9.17, 15) is 0 Å². The van der Waals surface area contributed by atoms with Gasteiger partial charge in [-0.15, -0.1) is 0 Å². The number of methoxy groups -OCH3 is 2. The van der Waals surface area contributed by atoms with Gasteiger partial charge in [-0.1, -0.05) is 0 Å². The van der Waals surface area contributed by atoms with Crippen molar-refractivity contribution in [1.29, 1.82) is 0 Å². The van der Waals surface area contributed by atoms with Gasteiger partial charge in [-0.05, 0) is 35.1 Å². The van der Waals surface area contributed by atoms with Crippen LogP contribution in [0.4, 0.5) is 0 Å². The lowest BCUT2D eigenvalue weighted by Crippen LogP contribution is -2.22. The molecule has 1 atom stereocenters. The van der Waals surface area contributed by atoms with Gasteiger partial charge in [0.2, 0.25) is 0 Å². The van der Waals surface area contributed by atoms with E-state index < -0.39 is 0 Å². The smallest absolute Gasteiger partial charge is 0.142 e. The van der Waals surface area contributed by atoms with Gasteiger partial charge in [0.1, 0.15) is 21.8 Å². The monoisotopic (exact) mass is 339 g/mol. The quantitative estimate of drug-likeness (QED) is 0.909. The summed E-state index contributed by atoms with van der Waals surface area (Å²) in [5.41, 5.74) is 0.997. The third kappa shape index (κ3) is 2.53. The molecule has 20 heavy (non-hydrogen) atoms. The highest BCUT2D eigenvalue weighted by Crippen LogP contribution is 2.40. The lowest BCUT2D eigenvalue weighted by molar-refractivity contribution is 0.382. The van der Waals surface area contributed by atoms with Gasteiger partial charge in [-0.25, -0.2) is 4.98 Å². The fourth-order valence-electron chi connectivity index (χ4n) is 2.22. The second-order valence-electron chi connectivity index (χ2n) is 4.32. The number of benzene rings is 1. The largest absolute Gasteiger partial charge is 0.495 e. The summed E-state index contributed by atoms with van der Waals surface area (Å²) >= 11 is 3.53. The summed E-state index contributed by atoms with van der Waals surface area (Å²) in [5, 5.41) is 3.28. The van der Waals surface area contributed by atoms with Crippen molar-refractivity contribution in [2.45, 2.75) is 6.04 Å². The molecule has 0 fully saturated rings. The van der Waals surface area contributed by atoms with Crippen LogP contribution in [-0.4, -0.2) is 30.8 Å². The fraction of sp³-hybridized carbons (Fsp3) is 0.357. The van der Waals surface area contributed by atoms with Crippen LogP contribution in [0, 0.1) is 0 Å². The van der Waals surface area contributed by atoms with Gasteiger partial charge in [0.15, 0.2) is 0 Å². The lowest BCUT2D eigenvalue weighted by atomic mass is 10.0. The number of aryl methyl sites for hydroxylation is 1. The molecule has 1 heterocycles. The molecular weight excluding hydrogens is 322 g/mol. The minimum Gasteiger partial charge on any atom is -0.495 e. The molecule has 2 aromatic rings. The molecule has 0 aliphatic heterocycles. The number of ether oxygens (including phenoxy) is 2. The number of rotatable bonds is 5. The van der Waals surface area contributed by atoms with Gasteiger partial charge in [0.05, 0.1) is 20.3 Å². The van der Waals surface area contributed by atoms with Crippen LogP contribution in [0.5, 0.6) is 11.5 Å². The summed E-state index contributed by atoms with van der Waals surface area (Å²) in [7, 11) is 7.15. The van der Waals surface area contributed by atoms with Crippen LogP contribution in [0.15, 0.2) is 29.0 Å². The van der Waals surface area contributed by atoms with E-state index in [1.54, 1.807) is 20.4 Å². The average Bonchev–Trinajstić information content (AvgIpc) is 2.86. The number of nitrogens with one attached hydrogen (secondary N) is 1. The number of aromatic nitrogens is 2. The summed E-state index contributed by atoms with van der Waals surface area (Å²) in [6.07, 6.45) is 3.70. The first-order valence-corrected chi connectivity index (χ1v) is 6.98. The Labute approximate surface area is 127 Å². The van der Waals surface area contributed by atoms with Crippen LogP contribution in [0.3, 0.4) is 0 Å². The van der Waals surface area contributed by atoms with Gasteiger partial charge in [0.25, 0.3) is 0 Å². The maximum Gasteiger partial charge on any atom is 0.142 e. The predicted octanol–water partition coefficient (Wildman–Crippen LogP) is 2.51. The zero-order valence-corrected chi connectivity index (χ0v) is 13.6. The van der Waals surface area contributed by atoms with Crippen LogP contribution in [0.25, 0.3) is 0 Å². The van der Waals surface area contributed by atoms with E-state index in [0.717, 1.165) is 27.4 Å². The molecule has 1 unspecified atom stereocenters. The fourth-order valence-corrected chi connectivity index (χ4v) is 2.91. The normalized spacial score (nSPS) is 12.2. The Morgan fingerprint density at radius 1 is 1.30 bits per heavy atom. The highest BCUT2D eigenvalue weighted by molar-refractivity contribution is 9.10. The van der Waals surface area contributed by atoms with E-state index in [4.69, 9.17) is 9.47 Å². The first kappa shape index (κ1) is 14.9. The van der Waals surface area contributed by atoms with Crippen LogP contribution >= 0.6 is 15.9 Å². The van der Waals surface area contributed by atoms with Gasteiger partial charge in [-0.3, -0.25) is 0 Å². The molecule has 5 nitrogen and oxygen atoms in total. The SMILES string of the molecule is CNC(c1ccc(OC)c(Br)c1OC)c1nccn1C. The van der Waals surface area contributed by atoms with Crippen molar-refractivity contribution in [3.8, 4) is 11.5 Å². The molecule has 2 rings (SSSR count). The number of nitrogens with zero attached hydrogens (tertiary/aromatic N) is 2. The van der Waals surface area contributed by atoms with Crippen LogP contribution in [0.2, 0.25) is 0 Å². The molecule has 6 heteroatoms. The van der Waals surface area contributed by atoms with E-state index in [1.807, 2.05) is 37.0 Å². The molecular formula is C14H18BrN3O2. The molecule has 0 amide bonds. The van der Waals surface area contributed by atoms with Gasteiger partial charge >= 0.3 is 0 Å². The zero-order valence-electron chi connectivity index (χ0n) is 12.0. The van der Waals surface area contributed by atoms with E-state index in [2.05, 4.69) is 26.2 Å². The summed E-state index contributed by atoms with van der Waals surface area (Å²) in [5.74, 6) is 2.40. The Bertz CT molecular complexity index is 598. The second-order valence-corrected chi connectivity index (χ2v) is 5.12. The topological polar surface area (TPSA) is 48.3 Å². The average molecular weight is 340 g/mol. The summed E-state index contributed by atoms with van der Waals surface area (Å²) in [6, 6.07) is 3.83. The zero-order chi connectivity index (χ0) is 14.7. The molecule has 1 aromatic heterocycles. The lowest BCUT2D eigenvalue weighted by Gasteiger charge is -2.21. The van der Waals surface area contributed by atoms with Crippen molar-refractivity contribution in [2.75, 3.05) is 21.3 Å². The first-order valence-electron chi connectivity index (χ1n) is 6.18. The number of hydrogen-bond acceptors (Lipinski definition) is 4. The third-order valence-corrected chi connectivity index (χ3v) is 3.98. The molecule has 0 aliphatic rings. The molecule has 0 spiro atoms. The minimum absolute atomic E-state index is 0.0628. The van der Waals surface area contributed by atoms with Crippen LogP contribution in [0.1, 0.15) is 17.4 Å². The second kappa shape index (κ2) is 6.28. The maximum atomic E-state index is 5.54. The summed E-state index contributed by atoms with van der Waals surface area (Å²) < 4.78 is 13.6. The van der Waals surface area contributed by atoms with Crippen molar-refractivity contribution in [3.05, 3.63) is 40.4 Å². The Kier molecular flexibility index (Phi) is 4.67. The standard InChI is InChI=1S/C14H18BrN3O2/c1-16-12(14-17-7-8-18(14)2)9-5-6-10(19-3)11(15)13(9)20-4/h5-8,12,16H,1-4H3. The Balaban J connectivity index is 2.56. The summed E-state index contributed by atoms with van der Waals surface area (Å²) in [4.78, 5) is 4.41. The Morgan fingerprint density at radius 2 is 2.05 bits per heavy atom. The Morgan fingerprint density at radius 3 is 2.55 bits per heavy atom. The van der Waals surface area contributed by atoms with E-state index >= 15 is 0 Å². The summed E-state index contributed by atoms with van der Waals surface area (Å²) in [6.45, 7) is 0. The molecule has 1 N–H and O–H groups in total. The van der Waals surface area contributed by atoms with Crippen molar-refractivity contribution in [3.63, 3.8) is 0 Å². The van der Waals surface area contributed by atoms with Crippen LogP contribution in [-0.2, 0) is 7.05 Å². The molecule has 0 saturated heterocycles. The van der Waals surface area contributed by atoms with E-state index in [1.165, 1.54) is 0 Å².